The van der Waals surface area contributed by atoms with Crippen LogP contribution in [-0.4, -0.2) is 10.9 Å². The van der Waals surface area contributed by atoms with E-state index in [-0.39, 0.29) is 5.91 Å². The van der Waals surface area contributed by atoms with Crippen molar-refractivity contribution in [3.8, 4) is 0 Å². The molecule has 3 nitrogen and oxygen atoms in total. The van der Waals surface area contributed by atoms with Gasteiger partial charge in [0, 0.05) is 23.4 Å². The molecule has 1 aromatic heterocycles. The van der Waals surface area contributed by atoms with E-state index in [9.17, 15) is 4.79 Å². The van der Waals surface area contributed by atoms with Crippen LogP contribution in [0.5, 0.6) is 0 Å². The van der Waals surface area contributed by atoms with Gasteiger partial charge in [-0.25, -0.2) is 4.98 Å². The van der Waals surface area contributed by atoms with Crippen molar-refractivity contribution in [1.82, 2.24) is 4.98 Å². The van der Waals surface area contributed by atoms with Gasteiger partial charge in [0.15, 0.2) is 0 Å². The summed E-state index contributed by atoms with van der Waals surface area (Å²) in [5.74, 6) is 0.0637. The first-order valence-corrected chi connectivity index (χ1v) is 8.36. The summed E-state index contributed by atoms with van der Waals surface area (Å²) in [6.07, 6.45) is 6.06. The van der Waals surface area contributed by atoms with E-state index in [1.807, 2.05) is 31.2 Å². The largest absolute Gasteiger partial charge is 0.326 e. The number of carbonyl (C=O) groups excluding carboxylic acids is 1. The van der Waals surface area contributed by atoms with E-state index in [4.69, 9.17) is 0 Å². The average Bonchev–Trinajstić information content (AvgIpc) is 2.88. The summed E-state index contributed by atoms with van der Waals surface area (Å²) >= 11 is 1.79. The van der Waals surface area contributed by atoms with E-state index >= 15 is 0 Å². The van der Waals surface area contributed by atoms with Crippen molar-refractivity contribution in [3.05, 3.63) is 45.4 Å². The van der Waals surface area contributed by atoms with Gasteiger partial charge in [-0.15, -0.1) is 11.3 Å². The maximum Gasteiger partial charge on any atom is 0.224 e. The van der Waals surface area contributed by atoms with Gasteiger partial charge in [-0.1, -0.05) is 12.1 Å². The quantitative estimate of drug-likeness (QED) is 0.930. The minimum Gasteiger partial charge on any atom is -0.326 e. The van der Waals surface area contributed by atoms with E-state index in [2.05, 4.69) is 10.3 Å². The Morgan fingerprint density at radius 1 is 1.33 bits per heavy atom. The van der Waals surface area contributed by atoms with Gasteiger partial charge in [-0.2, -0.15) is 0 Å². The molecule has 0 saturated carbocycles. The van der Waals surface area contributed by atoms with Crippen LogP contribution in [-0.2, 0) is 24.1 Å². The lowest BCUT2D eigenvalue weighted by Gasteiger charge is -2.06. The number of aromatic nitrogens is 1. The Kier molecular flexibility index (Phi) is 4.34. The van der Waals surface area contributed by atoms with Crippen molar-refractivity contribution >= 4 is 22.9 Å². The lowest BCUT2D eigenvalue weighted by molar-refractivity contribution is -0.116. The second-order valence-corrected chi connectivity index (χ2v) is 6.77. The molecule has 1 heterocycles. The van der Waals surface area contributed by atoms with Crippen LogP contribution >= 0.6 is 11.3 Å². The maximum absolute atomic E-state index is 12.0. The first kappa shape index (κ1) is 14.3. The van der Waals surface area contributed by atoms with Crippen LogP contribution in [0.1, 0.15) is 40.4 Å². The van der Waals surface area contributed by atoms with Gasteiger partial charge < -0.3 is 5.32 Å². The zero-order valence-corrected chi connectivity index (χ0v) is 13.1. The molecule has 1 amide bonds. The molecule has 0 bridgehead atoms. The summed E-state index contributed by atoms with van der Waals surface area (Å²) in [6, 6.07) is 7.89. The Morgan fingerprint density at radius 3 is 3.00 bits per heavy atom. The van der Waals surface area contributed by atoms with Crippen molar-refractivity contribution in [2.24, 2.45) is 0 Å². The highest BCUT2D eigenvalue weighted by atomic mass is 32.1. The molecular formula is C17H20N2OS. The number of rotatable bonds is 4. The molecular weight excluding hydrogens is 280 g/mol. The number of nitrogens with zero attached hydrogens (tertiary/aromatic N) is 1. The summed E-state index contributed by atoms with van der Waals surface area (Å²) in [4.78, 5) is 18.1. The van der Waals surface area contributed by atoms with Gasteiger partial charge in [-0.05, 0) is 50.3 Å². The molecule has 0 atom stereocenters. The lowest BCUT2D eigenvalue weighted by Crippen LogP contribution is -2.12. The molecule has 21 heavy (non-hydrogen) atoms. The molecule has 3 rings (SSSR count). The number of fused-ring (bicyclic) bond motifs is 1. The number of nitrogens with one attached hydrogen (secondary N) is 1. The number of hydrogen-bond donors (Lipinski definition) is 1. The van der Waals surface area contributed by atoms with E-state index in [1.165, 1.54) is 29.8 Å². The molecule has 0 spiro atoms. The molecule has 0 radical (unpaired) electrons. The molecule has 0 saturated heterocycles. The first-order chi connectivity index (χ1) is 10.2. The fraction of sp³-hybridized carbons (Fsp3) is 0.412. The number of amides is 1. The average molecular weight is 300 g/mol. The molecule has 0 fully saturated rings. The van der Waals surface area contributed by atoms with E-state index in [0.29, 0.717) is 6.42 Å². The fourth-order valence-corrected chi connectivity index (χ4v) is 3.84. The maximum atomic E-state index is 12.0. The highest BCUT2D eigenvalue weighted by molar-refractivity contribution is 7.11. The van der Waals surface area contributed by atoms with Gasteiger partial charge in [0.2, 0.25) is 5.91 Å². The van der Waals surface area contributed by atoms with E-state index in [1.54, 1.807) is 11.3 Å². The van der Waals surface area contributed by atoms with Crippen LogP contribution in [0.15, 0.2) is 24.3 Å². The minimum atomic E-state index is 0.0637. The molecule has 110 valence electrons. The predicted molar refractivity (Wildman–Crippen MR) is 86.9 cm³/mol. The summed E-state index contributed by atoms with van der Waals surface area (Å²) in [5.41, 5.74) is 3.30. The second-order valence-electron chi connectivity index (χ2n) is 5.60. The second kappa shape index (κ2) is 6.39. The summed E-state index contributed by atoms with van der Waals surface area (Å²) < 4.78 is 0. The van der Waals surface area contributed by atoms with Crippen molar-refractivity contribution < 1.29 is 4.79 Å². The van der Waals surface area contributed by atoms with Crippen molar-refractivity contribution in [2.75, 3.05) is 5.32 Å². The van der Waals surface area contributed by atoms with Crippen LogP contribution in [0, 0.1) is 6.92 Å². The number of benzene rings is 1. The SMILES string of the molecule is Cc1cccc(NC(=O)CCc2nc3c(s2)CCCC3)c1. The molecule has 1 aliphatic carbocycles. The van der Waals surface area contributed by atoms with Gasteiger partial charge >= 0.3 is 0 Å². The normalized spacial score (nSPS) is 13.8. The summed E-state index contributed by atoms with van der Waals surface area (Å²) in [6.45, 7) is 2.02. The van der Waals surface area contributed by atoms with Gasteiger partial charge in [0.1, 0.15) is 0 Å². The summed E-state index contributed by atoms with van der Waals surface area (Å²) in [7, 11) is 0. The number of thiazole rings is 1. The molecule has 2 aromatic rings. The molecule has 1 N–H and O–H groups in total. The third-order valence-electron chi connectivity index (χ3n) is 3.76. The molecule has 1 aromatic carbocycles. The summed E-state index contributed by atoms with van der Waals surface area (Å²) in [5, 5.41) is 4.06. The Hall–Kier alpha value is -1.68. The molecule has 0 unspecified atom stereocenters. The van der Waals surface area contributed by atoms with E-state index in [0.717, 1.165) is 29.1 Å². The first-order valence-electron chi connectivity index (χ1n) is 7.55. The lowest BCUT2D eigenvalue weighted by atomic mass is 10.0. The minimum absolute atomic E-state index is 0.0637. The Bertz CT molecular complexity index is 624. The van der Waals surface area contributed by atoms with Gasteiger partial charge in [0.25, 0.3) is 0 Å². The highest BCUT2D eigenvalue weighted by Crippen LogP contribution is 2.27. The molecule has 0 aliphatic heterocycles. The van der Waals surface area contributed by atoms with Crippen LogP contribution in [0.4, 0.5) is 5.69 Å². The van der Waals surface area contributed by atoms with E-state index < -0.39 is 0 Å². The Labute approximate surface area is 129 Å². The standard InChI is InChI=1S/C17H20N2OS/c1-12-5-4-6-13(11-12)18-16(20)9-10-17-19-14-7-2-3-8-15(14)21-17/h4-6,11H,2-3,7-10H2,1H3,(H,18,20). The zero-order chi connectivity index (χ0) is 14.7. The zero-order valence-electron chi connectivity index (χ0n) is 12.3. The molecule has 1 aliphatic rings. The van der Waals surface area contributed by atoms with Crippen molar-refractivity contribution in [3.63, 3.8) is 0 Å². The Balaban J connectivity index is 1.55. The van der Waals surface area contributed by atoms with Crippen LogP contribution in [0.2, 0.25) is 0 Å². The van der Waals surface area contributed by atoms with Gasteiger partial charge in [0.05, 0.1) is 10.7 Å². The Morgan fingerprint density at radius 2 is 2.19 bits per heavy atom. The topological polar surface area (TPSA) is 42.0 Å². The van der Waals surface area contributed by atoms with Crippen LogP contribution in [0.3, 0.4) is 0 Å². The third kappa shape index (κ3) is 3.70. The number of aryl methyl sites for hydroxylation is 4. The number of anilines is 1. The number of hydrogen-bond acceptors (Lipinski definition) is 3. The third-order valence-corrected chi connectivity index (χ3v) is 4.97. The van der Waals surface area contributed by atoms with Gasteiger partial charge in [-0.3, -0.25) is 4.79 Å². The molecule has 4 heteroatoms. The number of carbonyl (C=O) groups is 1. The monoisotopic (exact) mass is 300 g/mol. The highest BCUT2D eigenvalue weighted by Gasteiger charge is 2.15. The van der Waals surface area contributed by atoms with Crippen molar-refractivity contribution in [2.45, 2.75) is 45.4 Å². The predicted octanol–water partition coefficient (Wildman–Crippen LogP) is 3.90. The van der Waals surface area contributed by atoms with Crippen LogP contribution < -0.4 is 5.32 Å². The fourth-order valence-electron chi connectivity index (χ4n) is 2.68. The van der Waals surface area contributed by atoms with Crippen LogP contribution in [0.25, 0.3) is 0 Å². The smallest absolute Gasteiger partial charge is 0.224 e. The van der Waals surface area contributed by atoms with Crippen molar-refractivity contribution in [1.29, 1.82) is 0 Å².